The molecule has 18 heavy (non-hydrogen) atoms. The molecule has 0 aliphatic carbocycles. The standard InChI is InChI=1S/C12H11BrN2O2S/c1-8-4-10(2-3-11(8)13)14-6-9-5-12(15(16)17)18-7-9/h2-5,7,14H,6H2,1H3. The lowest BCUT2D eigenvalue weighted by Crippen LogP contribution is -1.98. The number of hydrogen-bond acceptors (Lipinski definition) is 4. The summed E-state index contributed by atoms with van der Waals surface area (Å²) < 4.78 is 1.07. The summed E-state index contributed by atoms with van der Waals surface area (Å²) in [5.74, 6) is 0. The first-order chi connectivity index (χ1) is 8.56. The van der Waals surface area contributed by atoms with Gasteiger partial charge < -0.3 is 5.32 Å². The molecule has 0 aliphatic heterocycles. The van der Waals surface area contributed by atoms with Crippen molar-refractivity contribution in [2.45, 2.75) is 13.5 Å². The molecule has 94 valence electrons. The number of rotatable bonds is 4. The highest BCUT2D eigenvalue weighted by Gasteiger charge is 2.09. The Kier molecular flexibility index (Phi) is 3.98. The van der Waals surface area contributed by atoms with Gasteiger partial charge in [-0.05, 0) is 36.2 Å². The average Bonchev–Trinajstić information content (AvgIpc) is 2.79. The van der Waals surface area contributed by atoms with E-state index in [0.717, 1.165) is 32.6 Å². The topological polar surface area (TPSA) is 55.2 Å². The molecule has 0 bridgehead atoms. The molecule has 1 heterocycles. The summed E-state index contributed by atoms with van der Waals surface area (Å²) in [5.41, 5.74) is 3.08. The maximum absolute atomic E-state index is 10.6. The molecule has 4 nitrogen and oxygen atoms in total. The van der Waals surface area contributed by atoms with Crippen LogP contribution in [0.4, 0.5) is 10.7 Å². The molecule has 0 unspecified atom stereocenters. The zero-order valence-corrected chi connectivity index (χ0v) is 12.0. The minimum atomic E-state index is -0.363. The molecule has 0 aliphatic rings. The van der Waals surface area contributed by atoms with Gasteiger partial charge in [-0.15, -0.1) is 0 Å². The molecule has 1 N–H and O–H groups in total. The zero-order valence-electron chi connectivity index (χ0n) is 9.64. The van der Waals surface area contributed by atoms with Crippen LogP contribution in [0.15, 0.2) is 34.1 Å². The largest absolute Gasteiger partial charge is 0.381 e. The first kappa shape index (κ1) is 13.0. The predicted octanol–water partition coefficient (Wildman–Crippen LogP) is 4.34. The fourth-order valence-electron chi connectivity index (χ4n) is 1.51. The molecule has 0 saturated heterocycles. The minimum absolute atomic E-state index is 0.179. The van der Waals surface area contributed by atoms with Crippen LogP contribution in [0, 0.1) is 17.0 Å². The summed E-state index contributed by atoms with van der Waals surface area (Å²) in [6.45, 7) is 2.61. The smallest absolute Gasteiger partial charge is 0.324 e. The van der Waals surface area contributed by atoms with E-state index in [1.165, 1.54) is 0 Å². The van der Waals surface area contributed by atoms with Crippen LogP contribution in [0.1, 0.15) is 11.1 Å². The first-order valence-electron chi connectivity index (χ1n) is 5.28. The highest BCUT2D eigenvalue weighted by atomic mass is 79.9. The van der Waals surface area contributed by atoms with Gasteiger partial charge in [0.05, 0.1) is 4.92 Å². The molecule has 0 saturated carbocycles. The number of thiophene rings is 1. The van der Waals surface area contributed by atoms with Crippen LogP contribution < -0.4 is 5.32 Å². The predicted molar refractivity (Wildman–Crippen MR) is 77.2 cm³/mol. The second-order valence-corrected chi connectivity index (χ2v) is 5.61. The third kappa shape index (κ3) is 3.08. The molecule has 0 spiro atoms. The maximum atomic E-state index is 10.6. The van der Waals surface area contributed by atoms with Gasteiger partial charge in [0.2, 0.25) is 0 Å². The molecule has 2 aromatic rings. The summed E-state index contributed by atoms with van der Waals surface area (Å²) in [4.78, 5) is 10.2. The number of aryl methyl sites for hydroxylation is 1. The van der Waals surface area contributed by atoms with Crippen LogP contribution in [-0.2, 0) is 6.54 Å². The molecule has 2 rings (SSSR count). The summed E-state index contributed by atoms with van der Waals surface area (Å²) >= 11 is 4.60. The molecular weight excluding hydrogens is 316 g/mol. The summed E-state index contributed by atoms with van der Waals surface area (Å²) in [6.07, 6.45) is 0. The van der Waals surface area contributed by atoms with E-state index < -0.39 is 0 Å². The van der Waals surface area contributed by atoms with Gasteiger partial charge in [0.1, 0.15) is 0 Å². The Labute approximate surface area is 117 Å². The molecule has 0 fully saturated rings. The van der Waals surface area contributed by atoms with Crippen molar-refractivity contribution in [3.05, 3.63) is 55.4 Å². The zero-order chi connectivity index (χ0) is 13.1. The number of halogens is 1. The van der Waals surface area contributed by atoms with Crippen molar-refractivity contribution in [3.63, 3.8) is 0 Å². The Bertz CT molecular complexity index is 583. The van der Waals surface area contributed by atoms with Gasteiger partial charge in [0, 0.05) is 28.2 Å². The van der Waals surface area contributed by atoms with E-state index in [1.54, 1.807) is 11.4 Å². The van der Waals surface area contributed by atoms with Crippen LogP contribution in [0.5, 0.6) is 0 Å². The van der Waals surface area contributed by atoms with Gasteiger partial charge in [-0.25, -0.2) is 0 Å². The fraction of sp³-hybridized carbons (Fsp3) is 0.167. The van der Waals surface area contributed by atoms with Crippen molar-refractivity contribution in [2.75, 3.05) is 5.32 Å². The number of nitro groups is 1. The second-order valence-electron chi connectivity index (χ2n) is 3.87. The van der Waals surface area contributed by atoms with Crippen molar-refractivity contribution in [1.29, 1.82) is 0 Å². The number of hydrogen-bond donors (Lipinski definition) is 1. The fourth-order valence-corrected chi connectivity index (χ4v) is 2.49. The van der Waals surface area contributed by atoms with E-state index in [0.29, 0.717) is 6.54 Å². The lowest BCUT2D eigenvalue weighted by atomic mass is 10.2. The van der Waals surface area contributed by atoms with E-state index in [1.807, 2.05) is 25.1 Å². The Hall–Kier alpha value is -1.40. The maximum Gasteiger partial charge on any atom is 0.324 e. The van der Waals surface area contributed by atoms with E-state index in [2.05, 4.69) is 21.2 Å². The van der Waals surface area contributed by atoms with Gasteiger partial charge in [0.15, 0.2) is 0 Å². The normalized spacial score (nSPS) is 10.3. The Morgan fingerprint density at radius 2 is 2.22 bits per heavy atom. The molecule has 1 aromatic carbocycles. The summed E-state index contributed by atoms with van der Waals surface area (Å²) in [6, 6.07) is 7.58. The van der Waals surface area contributed by atoms with Crippen molar-refractivity contribution in [2.24, 2.45) is 0 Å². The van der Waals surface area contributed by atoms with E-state index in [4.69, 9.17) is 0 Å². The molecule has 1 aromatic heterocycles. The van der Waals surface area contributed by atoms with Crippen LogP contribution >= 0.6 is 27.3 Å². The third-order valence-electron chi connectivity index (χ3n) is 2.47. The van der Waals surface area contributed by atoms with Crippen molar-refractivity contribution in [3.8, 4) is 0 Å². The highest BCUT2D eigenvalue weighted by Crippen LogP contribution is 2.24. The van der Waals surface area contributed by atoms with Crippen LogP contribution in [-0.4, -0.2) is 4.92 Å². The second kappa shape index (κ2) is 5.49. The van der Waals surface area contributed by atoms with Crippen LogP contribution in [0.25, 0.3) is 0 Å². The number of anilines is 1. The van der Waals surface area contributed by atoms with Crippen molar-refractivity contribution < 1.29 is 4.92 Å². The van der Waals surface area contributed by atoms with Crippen molar-refractivity contribution in [1.82, 2.24) is 0 Å². The highest BCUT2D eigenvalue weighted by molar-refractivity contribution is 9.10. The lowest BCUT2D eigenvalue weighted by molar-refractivity contribution is -0.380. The van der Waals surface area contributed by atoms with Gasteiger partial charge in [-0.2, -0.15) is 0 Å². The van der Waals surface area contributed by atoms with Gasteiger partial charge in [0.25, 0.3) is 0 Å². The molecule has 6 heteroatoms. The Morgan fingerprint density at radius 1 is 1.44 bits per heavy atom. The number of benzene rings is 1. The molecular formula is C12H11BrN2O2S. The molecule has 0 atom stereocenters. The lowest BCUT2D eigenvalue weighted by Gasteiger charge is -2.06. The van der Waals surface area contributed by atoms with E-state index >= 15 is 0 Å². The van der Waals surface area contributed by atoms with Gasteiger partial charge in [-0.1, -0.05) is 27.3 Å². The van der Waals surface area contributed by atoms with Crippen molar-refractivity contribution >= 4 is 38.0 Å². The van der Waals surface area contributed by atoms with Crippen LogP contribution in [0.3, 0.4) is 0 Å². The van der Waals surface area contributed by atoms with Crippen LogP contribution in [0.2, 0.25) is 0 Å². The summed E-state index contributed by atoms with van der Waals surface area (Å²) in [5, 5.41) is 15.8. The van der Waals surface area contributed by atoms with E-state index in [9.17, 15) is 10.1 Å². The summed E-state index contributed by atoms with van der Waals surface area (Å²) in [7, 11) is 0. The average molecular weight is 327 g/mol. The molecule has 0 radical (unpaired) electrons. The monoisotopic (exact) mass is 326 g/mol. The van der Waals surface area contributed by atoms with Gasteiger partial charge >= 0.3 is 5.00 Å². The quantitative estimate of drug-likeness (QED) is 0.671. The minimum Gasteiger partial charge on any atom is -0.381 e. The SMILES string of the molecule is Cc1cc(NCc2csc([N+](=O)[O-])c2)ccc1Br. The van der Waals surface area contributed by atoms with Gasteiger partial charge in [-0.3, -0.25) is 10.1 Å². The number of nitrogens with zero attached hydrogens (tertiary/aromatic N) is 1. The third-order valence-corrected chi connectivity index (χ3v) is 4.29. The first-order valence-corrected chi connectivity index (χ1v) is 6.95. The number of nitrogens with one attached hydrogen (secondary N) is 1. The molecule has 0 amide bonds. The van der Waals surface area contributed by atoms with E-state index in [-0.39, 0.29) is 9.92 Å². The Balaban J connectivity index is 2.02. The Morgan fingerprint density at radius 3 is 2.83 bits per heavy atom.